The van der Waals surface area contributed by atoms with Crippen LogP contribution in [0.15, 0.2) is 219 Å². The molecule has 0 atom stereocenters. The zero-order valence-corrected chi connectivity index (χ0v) is 29.7. The lowest BCUT2D eigenvalue weighted by molar-refractivity contribution is 1.32. The Hall–Kier alpha value is -7.16. The van der Waals surface area contributed by atoms with Crippen molar-refractivity contribution in [3.63, 3.8) is 0 Å². The van der Waals surface area contributed by atoms with Crippen LogP contribution in [0.4, 0.5) is 0 Å². The molecule has 9 rings (SSSR count). The van der Waals surface area contributed by atoms with Crippen LogP contribution < -0.4 is 0 Å². The van der Waals surface area contributed by atoms with Crippen molar-refractivity contribution in [1.29, 1.82) is 0 Å². The van der Waals surface area contributed by atoms with Gasteiger partial charge in [0.05, 0.1) is 5.69 Å². The maximum atomic E-state index is 4.71. The summed E-state index contributed by atoms with van der Waals surface area (Å²) in [5, 5.41) is 0. The van der Waals surface area contributed by atoms with Gasteiger partial charge in [-0.1, -0.05) is 133 Å². The second kappa shape index (κ2) is 14.8. The fourth-order valence-electron chi connectivity index (χ4n) is 7.18. The van der Waals surface area contributed by atoms with Gasteiger partial charge in [0, 0.05) is 29.7 Å². The Kier molecular flexibility index (Phi) is 8.99. The summed E-state index contributed by atoms with van der Waals surface area (Å²) in [4.78, 5) is 9.14. The molecule has 0 radical (unpaired) electrons. The average molecular weight is 689 g/mol. The fraction of sp³-hybridized carbons (Fsp3) is 0. The number of pyridine rings is 2. The van der Waals surface area contributed by atoms with Gasteiger partial charge in [-0.25, -0.2) is 0 Å². The van der Waals surface area contributed by atoms with E-state index in [1.54, 1.807) is 0 Å². The lowest BCUT2D eigenvalue weighted by Crippen LogP contribution is -1.90. The Morgan fingerprint density at radius 1 is 0.222 bits per heavy atom. The highest BCUT2D eigenvalue weighted by molar-refractivity contribution is 5.86. The van der Waals surface area contributed by atoms with Crippen LogP contribution in [0, 0.1) is 0 Å². The first-order valence-electron chi connectivity index (χ1n) is 18.3. The SMILES string of the molecule is c1ccc(-c2ccc(-c3cccc(-c4cccc(-c5cc(-c6ccccc6)cc(-c6cc(-c7cccnc7)cc(-c7ccccn7)c6)c5)c4)c3)cc2)cc1. The predicted molar refractivity (Wildman–Crippen MR) is 226 cm³/mol. The molecule has 0 saturated carbocycles. The molecule has 254 valence electrons. The molecule has 2 aromatic heterocycles. The molecule has 0 amide bonds. The Bertz CT molecular complexity index is 2610. The van der Waals surface area contributed by atoms with Gasteiger partial charge in [0.25, 0.3) is 0 Å². The molecule has 2 nitrogen and oxygen atoms in total. The summed E-state index contributed by atoms with van der Waals surface area (Å²) >= 11 is 0. The van der Waals surface area contributed by atoms with Gasteiger partial charge in [-0.15, -0.1) is 0 Å². The molecule has 7 aromatic carbocycles. The quantitative estimate of drug-likeness (QED) is 0.159. The lowest BCUT2D eigenvalue weighted by atomic mass is 9.90. The van der Waals surface area contributed by atoms with Crippen LogP contribution in [0.25, 0.3) is 89.1 Å². The fourth-order valence-corrected chi connectivity index (χ4v) is 7.18. The summed E-state index contributed by atoms with van der Waals surface area (Å²) in [7, 11) is 0. The lowest BCUT2D eigenvalue weighted by Gasteiger charge is -2.15. The standard InChI is InChI=1S/C52H36N2/c1-3-12-37(13-4-1)39-22-24-40(25-23-39)41-16-9-17-42(28-41)43-18-10-19-44(29-43)47-30-46(38-14-5-2-6-15-38)31-49(32-47)50-33-48(45-20-11-26-53-36-45)34-51(35-50)52-21-7-8-27-54-52/h1-36H. The Labute approximate surface area is 316 Å². The molecule has 0 bridgehead atoms. The van der Waals surface area contributed by atoms with E-state index in [2.05, 4.69) is 187 Å². The summed E-state index contributed by atoms with van der Waals surface area (Å²) in [5.74, 6) is 0. The summed E-state index contributed by atoms with van der Waals surface area (Å²) in [6.45, 7) is 0. The second-order valence-electron chi connectivity index (χ2n) is 13.5. The van der Waals surface area contributed by atoms with Crippen molar-refractivity contribution in [2.45, 2.75) is 0 Å². The van der Waals surface area contributed by atoms with Gasteiger partial charge in [0.2, 0.25) is 0 Å². The van der Waals surface area contributed by atoms with Gasteiger partial charge in [-0.05, 0) is 139 Å². The molecule has 0 aliphatic carbocycles. The van der Waals surface area contributed by atoms with Crippen LogP contribution in [-0.4, -0.2) is 9.97 Å². The molecule has 0 saturated heterocycles. The summed E-state index contributed by atoms with van der Waals surface area (Å²) in [5.41, 5.74) is 18.3. The van der Waals surface area contributed by atoms with E-state index in [0.29, 0.717) is 0 Å². The van der Waals surface area contributed by atoms with E-state index in [1.165, 1.54) is 44.5 Å². The molecule has 9 aromatic rings. The Morgan fingerprint density at radius 3 is 1.13 bits per heavy atom. The number of hydrogen-bond donors (Lipinski definition) is 0. The molecule has 0 aliphatic rings. The van der Waals surface area contributed by atoms with Crippen LogP contribution in [0.5, 0.6) is 0 Å². The van der Waals surface area contributed by atoms with Gasteiger partial charge >= 0.3 is 0 Å². The molecule has 0 N–H and O–H groups in total. The van der Waals surface area contributed by atoms with Crippen LogP contribution >= 0.6 is 0 Å². The summed E-state index contributed by atoms with van der Waals surface area (Å²) in [6.07, 6.45) is 5.59. The molecule has 54 heavy (non-hydrogen) atoms. The highest BCUT2D eigenvalue weighted by Gasteiger charge is 2.13. The summed E-state index contributed by atoms with van der Waals surface area (Å²) < 4.78 is 0. The van der Waals surface area contributed by atoms with Crippen LogP contribution in [0.3, 0.4) is 0 Å². The first-order chi connectivity index (χ1) is 26.7. The number of benzene rings is 7. The molecule has 0 fully saturated rings. The van der Waals surface area contributed by atoms with Crippen LogP contribution in [0.1, 0.15) is 0 Å². The molecule has 0 aliphatic heterocycles. The van der Waals surface area contributed by atoms with Gasteiger partial charge < -0.3 is 0 Å². The second-order valence-corrected chi connectivity index (χ2v) is 13.5. The molecular formula is C52H36N2. The number of rotatable bonds is 8. The minimum atomic E-state index is 0.936. The smallest absolute Gasteiger partial charge is 0.0702 e. The predicted octanol–water partition coefficient (Wildman–Crippen LogP) is 13.8. The third kappa shape index (κ3) is 7.01. The molecule has 0 spiro atoms. The average Bonchev–Trinajstić information content (AvgIpc) is 3.27. The molecular weight excluding hydrogens is 653 g/mol. The van der Waals surface area contributed by atoms with E-state index in [9.17, 15) is 0 Å². The largest absolute Gasteiger partial charge is 0.264 e. The minimum absolute atomic E-state index is 0.936. The molecule has 2 heterocycles. The minimum Gasteiger partial charge on any atom is -0.264 e. The Balaban J connectivity index is 1.13. The van der Waals surface area contributed by atoms with E-state index in [-0.39, 0.29) is 0 Å². The van der Waals surface area contributed by atoms with Crippen molar-refractivity contribution in [3.8, 4) is 89.1 Å². The third-order valence-electron chi connectivity index (χ3n) is 9.98. The van der Waals surface area contributed by atoms with Crippen LogP contribution in [0.2, 0.25) is 0 Å². The highest BCUT2D eigenvalue weighted by atomic mass is 14.7. The monoisotopic (exact) mass is 688 g/mol. The van der Waals surface area contributed by atoms with E-state index in [4.69, 9.17) is 4.98 Å². The maximum absolute atomic E-state index is 4.71. The zero-order chi connectivity index (χ0) is 36.1. The van der Waals surface area contributed by atoms with Gasteiger partial charge in [0.15, 0.2) is 0 Å². The topological polar surface area (TPSA) is 25.8 Å². The first kappa shape index (κ1) is 32.7. The van der Waals surface area contributed by atoms with Gasteiger partial charge in [-0.2, -0.15) is 0 Å². The van der Waals surface area contributed by atoms with E-state index >= 15 is 0 Å². The summed E-state index contributed by atoms with van der Waals surface area (Å²) in [6, 6.07) is 71.6. The number of hydrogen-bond acceptors (Lipinski definition) is 2. The van der Waals surface area contributed by atoms with Crippen molar-refractivity contribution < 1.29 is 0 Å². The number of aromatic nitrogens is 2. The zero-order valence-electron chi connectivity index (χ0n) is 29.7. The molecule has 0 unspecified atom stereocenters. The first-order valence-corrected chi connectivity index (χ1v) is 18.3. The van der Waals surface area contributed by atoms with Crippen molar-refractivity contribution in [1.82, 2.24) is 9.97 Å². The van der Waals surface area contributed by atoms with Crippen LogP contribution in [-0.2, 0) is 0 Å². The van der Waals surface area contributed by atoms with Gasteiger partial charge in [-0.3, -0.25) is 9.97 Å². The van der Waals surface area contributed by atoms with Crippen molar-refractivity contribution in [3.05, 3.63) is 219 Å². The number of nitrogens with zero attached hydrogens (tertiary/aromatic N) is 2. The normalized spacial score (nSPS) is 11.0. The van der Waals surface area contributed by atoms with E-state index in [0.717, 1.165) is 44.6 Å². The van der Waals surface area contributed by atoms with E-state index < -0.39 is 0 Å². The Morgan fingerprint density at radius 2 is 0.593 bits per heavy atom. The highest BCUT2D eigenvalue weighted by Crippen LogP contribution is 2.38. The van der Waals surface area contributed by atoms with Crippen molar-refractivity contribution in [2.24, 2.45) is 0 Å². The maximum Gasteiger partial charge on any atom is 0.0702 e. The third-order valence-corrected chi connectivity index (χ3v) is 9.98. The van der Waals surface area contributed by atoms with E-state index in [1.807, 2.05) is 36.8 Å². The van der Waals surface area contributed by atoms with Crippen molar-refractivity contribution >= 4 is 0 Å². The molecule has 2 heteroatoms. The van der Waals surface area contributed by atoms with Gasteiger partial charge in [0.1, 0.15) is 0 Å². The van der Waals surface area contributed by atoms with Crippen molar-refractivity contribution in [2.75, 3.05) is 0 Å².